The largest absolute Gasteiger partial charge is 0.463 e. The summed E-state index contributed by atoms with van der Waals surface area (Å²) in [5.41, 5.74) is 1.20. The number of carbonyl (C=O) groups is 4. The standard InChI is InChI=1S/C39H38N6O7/c46-22-30(26-14-5-2-6-15-26)45-35-38(50)43(24-44-29-17-8-7-16-27(29)41-42-44)21-11-20-39(35)34(37(45)49)33-31(52-39)18-9-10-19-32(47)51-23-28(40-36(33)48)25-12-3-1-4-13-25/h1-9,11-18,20,28,30-31,33-35,46H,10,19,21-24H2,(H,40,48)/b18-9-/t28-,30-,31+,33-,34-,35+,39-/m1/s1. The molecule has 3 aromatic carbocycles. The van der Waals surface area contributed by atoms with Crippen LogP contribution in [0.5, 0.6) is 0 Å². The van der Waals surface area contributed by atoms with Crippen LogP contribution in [0.3, 0.4) is 0 Å². The van der Waals surface area contributed by atoms with Crippen molar-refractivity contribution in [3.63, 3.8) is 0 Å². The molecular formula is C39H38N6O7. The quantitative estimate of drug-likeness (QED) is 0.228. The van der Waals surface area contributed by atoms with Crippen LogP contribution in [0.15, 0.2) is 109 Å². The van der Waals surface area contributed by atoms with E-state index in [0.717, 1.165) is 11.1 Å². The van der Waals surface area contributed by atoms with E-state index in [0.29, 0.717) is 17.5 Å². The topological polar surface area (TPSA) is 156 Å². The number of ether oxygens (including phenoxy) is 2. The van der Waals surface area contributed by atoms with E-state index in [9.17, 15) is 14.7 Å². The highest BCUT2D eigenvalue weighted by Crippen LogP contribution is 2.54. The lowest BCUT2D eigenvalue weighted by molar-refractivity contribution is -0.152. The van der Waals surface area contributed by atoms with E-state index < -0.39 is 72.0 Å². The fourth-order valence-corrected chi connectivity index (χ4v) is 8.10. The summed E-state index contributed by atoms with van der Waals surface area (Å²) in [4.78, 5) is 60.3. The maximum atomic E-state index is 15.1. The molecule has 8 rings (SSSR count). The Labute approximate surface area is 299 Å². The number of carbonyl (C=O) groups excluding carboxylic acids is 4. The second-order valence-corrected chi connectivity index (χ2v) is 13.5. The Hall–Kier alpha value is -5.66. The molecule has 13 heteroatoms. The first-order valence-electron chi connectivity index (χ1n) is 17.5. The van der Waals surface area contributed by atoms with Crippen molar-refractivity contribution < 1.29 is 33.8 Å². The van der Waals surface area contributed by atoms with Crippen LogP contribution in [0, 0.1) is 11.8 Å². The number of para-hydroxylation sites is 1. The number of aliphatic hydroxyl groups is 1. The molecule has 0 saturated carbocycles. The first kappa shape index (κ1) is 33.5. The molecule has 2 saturated heterocycles. The summed E-state index contributed by atoms with van der Waals surface area (Å²) in [5, 5.41) is 22.5. The van der Waals surface area contributed by atoms with Crippen LogP contribution in [0.4, 0.5) is 0 Å². The van der Waals surface area contributed by atoms with Crippen molar-refractivity contribution in [1.82, 2.24) is 30.1 Å². The number of nitrogens with one attached hydrogen (secondary N) is 1. The first-order valence-corrected chi connectivity index (χ1v) is 17.5. The Morgan fingerprint density at radius 3 is 2.46 bits per heavy atom. The normalized spacial score (nSPS) is 28.9. The van der Waals surface area contributed by atoms with Gasteiger partial charge in [0.1, 0.15) is 30.4 Å². The van der Waals surface area contributed by atoms with Crippen molar-refractivity contribution in [3.05, 3.63) is 120 Å². The van der Waals surface area contributed by atoms with Crippen molar-refractivity contribution in [3.8, 4) is 0 Å². The minimum Gasteiger partial charge on any atom is -0.463 e. The molecule has 266 valence electrons. The van der Waals surface area contributed by atoms with Crippen molar-refractivity contribution in [2.75, 3.05) is 19.8 Å². The molecular weight excluding hydrogens is 664 g/mol. The third kappa shape index (κ3) is 5.75. The Bertz CT molecular complexity index is 2050. The maximum Gasteiger partial charge on any atom is 0.306 e. The summed E-state index contributed by atoms with van der Waals surface area (Å²) < 4.78 is 14.1. The Morgan fingerprint density at radius 2 is 1.67 bits per heavy atom. The number of cyclic esters (lactones) is 1. The van der Waals surface area contributed by atoms with Gasteiger partial charge in [-0.15, -0.1) is 5.10 Å². The fourth-order valence-electron chi connectivity index (χ4n) is 8.10. The number of benzene rings is 3. The molecule has 7 atom stereocenters. The van der Waals surface area contributed by atoms with Gasteiger partial charge in [-0.3, -0.25) is 19.2 Å². The SMILES string of the molecule is O=C1CC/C=C\[C@@H]2O[C@@]34C=CCN(Cn5nnc6ccccc65)C(=O)[C@@H]3N([C@H](CO)c3ccccc3)C(=O)[C@H]4[C@@H]2C(=O)N[C@@H](c2ccccc2)CO1. The van der Waals surface area contributed by atoms with Gasteiger partial charge in [-0.1, -0.05) is 102 Å². The minimum absolute atomic E-state index is 0.0398. The van der Waals surface area contributed by atoms with Gasteiger partial charge >= 0.3 is 5.97 Å². The van der Waals surface area contributed by atoms with E-state index in [-0.39, 0.29) is 26.2 Å². The molecule has 4 aliphatic heterocycles. The van der Waals surface area contributed by atoms with Crippen molar-refractivity contribution in [1.29, 1.82) is 0 Å². The first-order chi connectivity index (χ1) is 25.4. The second kappa shape index (κ2) is 13.8. The predicted octanol–water partition coefficient (Wildman–Crippen LogP) is 2.85. The molecule has 0 radical (unpaired) electrons. The zero-order valence-corrected chi connectivity index (χ0v) is 28.2. The van der Waals surface area contributed by atoms with Crippen molar-refractivity contribution in [2.24, 2.45) is 11.8 Å². The number of aliphatic hydroxyl groups excluding tert-OH is 1. The van der Waals surface area contributed by atoms with E-state index in [1.165, 1.54) is 4.90 Å². The number of nitrogens with zero attached hydrogens (tertiary/aromatic N) is 5. The number of hydrogen-bond donors (Lipinski definition) is 2. The average molecular weight is 703 g/mol. The zero-order valence-electron chi connectivity index (χ0n) is 28.2. The third-order valence-electron chi connectivity index (χ3n) is 10.5. The predicted molar refractivity (Wildman–Crippen MR) is 187 cm³/mol. The molecule has 0 unspecified atom stereocenters. The van der Waals surface area contributed by atoms with E-state index >= 15 is 9.59 Å². The van der Waals surface area contributed by atoms with E-state index in [1.807, 2.05) is 60.7 Å². The molecule has 0 bridgehead atoms. The molecule has 2 N–H and O–H groups in total. The summed E-state index contributed by atoms with van der Waals surface area (Å²) in [6.45, 7) is -0.356. The molecule has 2 fully saturated rings. The summed E-state index contributed by atoms with van der Waals surface area (Å²) in [6.07, 6.45) is 6.56. The fraction of sp³-hybridized carbons (Fsp3) is 0.333. The summed E-state index contributed by atoms with van der Waals surface area (Å²) in [5.74, 6) is -3.97. The Kier molecular flexibility index (Phi) is 8.89. The molecule has 52 heavy (non-hydrogen) atoms. The van der Waals surface area contributed by atoms with Crippen molar-refractivity contribution in [2.45, 2.75) is 49.3 Å². The Balaban J connectivity index is 1.23. The third-order valence-corrected chi connectivity index (χ3v) is 10.5. The van der Waals surface area contributed by atoms with Gasteiger partial charge < -0.3 is 29.7 Å². The number of fused-ring (bicyclic) bond motifs is 3. The van der Waals surface area contributed by atoms with E-state index in [2.05, 4.69) is 15.6 Å². The maximum absolute atomic E-state index is 15.1. The number of amides is 3. The zero-order chi connectivity index (χ0) is 35.8. The van der Waals surface area contributed by atoms with Gasteiger partial charge in [0.05, 0.1) is 42.1 Å². The lowest BCUT2D eigenvalue weighted by Crippen LogP contribution is -2.56. The van der Waals surface area contributed by atoms with Crippen LogP contribution >= 0.6 is 0 Å². The molecule has 4 aromatic rings. The number of aromatic nitrogens is 3. The lowest BCUT2D eigenvalue weighted by atomic mass is 9.77. The van der Waals surface area contributed by atoms with Crippen LogP contribution in [-0.4, -0.2) is 91.1 Å². The number of rotatable bonds is 6. The lowest BCUT2D eigenvalue weighted by Gasteiger charge is -2.38. The number of likely N-dealkylation sites (tertiary alicyclic amines) is 1. The highest BCUT2D eigenvalue weighted by atomic mass is 16.5. The summed E-state index contributed by atoms with van der Waals surface area (Å²) >= 11 is 0. The van der Waals surface area contributed by atoms with Crippen LogP contribution in [-0.2, 0) is 35.3 Å². The van der Waals surface area contributed by atoms with E-state index in [1.54, 1.807) is 58.2 Å². The van der Waals surface area contributed by atoms with Gasteiger partial charge in [-0.2, -0.15) is 0 Å². The Morgan fingerprint density at radius 1 is 0.923 bits per heavy atom. The molecule has 4 aliphatic rings. The molecule has 13 nitrogen and oxygen atoms in total. The summed E-state index contributed by atoms with van der Waals surface area (Å²) in [7, 11) is 0. The van der Waals surface area contributed by atoms with Gasteiger partial charge in [0, 0.05) is 13.0 Å². The molecule has 3 amide bonds. The number of allylic oxidation sites excluding steroid dienone is 1. The highest BCUT2D eigenvalue weighted by Gasteiger charge is 2.72. The molecule has 1 spiro atoms. The molecule has 1 aromatic heterocycles. The van der Waals surface area contributed by atoms with Crippen molar-refractivity contribution >= 4 is 34.7 Å². The van der Waals surface area contributed by atoms with Crippen LogP contribution < -0.4 is 5.32 Å². The van der Waals surface area contributed by atoms with Gasteiger partial charge in [0.15, 0.2) is 0 Å². The smallest absolute Gasteiger partial charge is 0.306 e. The van der Waals surface area contributed by atoms with Crippen LogP contribution in [0.1, 0.15) is 36.1 Å². The minimum atomic E-state index is -1.57. The number of hydrogen-bond acceptors (Lipinski definition) is 9. The van der Waals surface area contributed by atoms with Gasteiger partial charge in [-0.25, -0.2) is 4.68 Å². The van der Waals surface area contributed by atoms with Gasteiger partial charge in [0.2, 0.25) is 11.8 Å². The van der Waals surface area contributed by atoms with Crippen LogP contribution in [0.2, 0.25) is 0 Å². The van der Waals surface area contributed by atoms with Crippen LogP contribution in [0.25, 0.3) is 11.0 Å². The van der Waals surface area contributed by atoms with E-state index in [4.69, 9.17) is 9.47 Å². The monoisotopic (exact) mass is 702 g/mol. The number of esters is 1. The second-order valence-electron chi connectivity index (χ2n) is 13.5. The van der Waals surface area contributed by atoms with Gasteiger partial charge in [-0.05, 0) is 29.7 Å². The molecule has 5 heterocycles. The summed E-state index contributed by atoms with van der Waals surface area (Å²) in [6, 6.07) is 22.8. The highest BCUT2D eigenvalue weighted by molar-refractivity contribution is 6.00. The molecule has 0 aliphatic carbocycles. The van der Waals surface area contributed by atoms with Gasteiger partial charge in [0.25, 0.3) is 5.91 Å². The average Bonchev–Trinajstić information content (AvgIpc) is 3.76.